The van der Waals surface area contributed by atoms with Crippen LogP contribution in [0, 0.1) is 5.92 Å². The molecule has 31 heavy (non-hydrogen) atoms. The Hall–Kier alpha value is -3.26. The first-order valence-electron chi connectivity index (χ1n) is 10.8. The summed E-state index contributed by atoms with van der Waals surface area (Å²) in [5.74, 6) is 1.67. The maximum absolute atomic E-state index is 6.28. The van der Waals surface area contributed by atoms with E-state index in [0.717, 1.165) is 65.7 Å². The minimum Gasteiger partial charge on any atom is -0.478 e. The van der Waals surface area contributed by atoms with Gasteiger partial charge in [0.1, 0.15) is 17.8 Å². The lowest BCUT2D eigenvalue weighted by Crippen LogP contribution is -2.32. The van der Waals surface area contributed by atoms with E-state index in [4.69, 9.17) is 15.6 Å². The molecular weight excluding hydrogens is 390 g/mol. The fourth-order valence-electron chi connectivity index (χ4n) is 4.33. The molecule has 2 N–H and O–H groups in total. The van der Waals surface area contributed by atoms with Gasteiger partial charge in [-0.3, -0.25) is 0 Å². The molecule has 8 nitrogen and oxygen atoms in total. The molecule has 1 aliphatic rings. The molecule has 8 heteroatoms. The highest BCUT2D eigenvalue weighted by atomic mass is 16.5. The van der Waals surface area contributed by atoms with E-state index in [0.29, 0.717) is 24.2 Å². The first kappa shape index (κ1) is 19.7. The number of piperidine rings is 1. The molecule has 4 aromatic rings. The summed E-state index contributed by atoms with van der Waals surface area (Å²) < 4.78 is 7.53. The van der Waals surface area contributed by atoms with Gasteiger partial charge in [-0.2, -0.15) is 5.10 Å². The van der Waals surface area contributed by atoms with Crippen molar-refractivity contribution in [3.63, 3.8) is 0 Å². The number of hydrogen-bond acceptors (Lipinski definition) is 7. The smallest absolute Gasteiger partial charge is 0.213 e. The Labute approximate surface area is 181 Å². The lowest BCUT2D eigenvalue weighted by molar-refractivity contribution is 0.202. The third-order valence-corrected chi connectivity index (χ3v) is 6.06. The van der Waals surface area contributed by atoms with Crippen LogP contribution >= 0.6 is 0 Å². The van der Waals surface area contributed by atoms with Gasteiger partial charge in [-0.05, 0) is 64.0 Å². The number of aromatic nitrogens is 5. The molecule has 1 aromatic carbocycles. The molecule has 0 spiro atoms. The number of likely N-dealkylation sites (tertiary alicyclic amines) is 1. The Bertz CT molecular complexity index is 1230. The van der Waals surface area contributed by atoms with Crippen molar-refractivity contribution in [2.24, 2.45) is 5.92 Å². The van der Waals surface area contributed by atoms with Crippen molar-refractivity contribution in [3.8, 4) is 17.1 Å². The predicted octanol–water partition coefficient (Wildman–Crippen LogP) is 3.36. The van der Waals surface area contributed by atoms with E-state index >= 15 is 0 Å². The van der Waals surface area contributed by atoms with Gasteiger partial charge in [0, 0.05) is 23.6 Å². The van der Waals surface area contributed by atoms with Crippen LogP contribution in [0.5, 0.6) is 5.88 Å². The van der Waals surface area contributed by atoms with Gasteiger partial charge in [0.25, 0.3) is 0 Å². The Morgan fingerprint density at radius 2 is 1.97 bits per heavy atom. The molecule has 0 atom stereocenters. The van der Waals surface area contributed by atoms with Crippen molar-refractivity contribution in [1.82, 2.24) is 29.6 Å². The number of rotatable bonds is 5. The lowest BCUT2D eigenvalue weighted by atomic mass is 9.97. The van der Waals surface area contributed by atoms with Crippen LogP contribution in [-0.4, -0.2) is 56.4 Å². The summed E-state index contributed by atoms with van der Waals surface area (Å²) in [4.78, 5) is 15.7. The highest BCUT2D eigenvalue weighted by molar-refractivity contribution is 5.99. The van der Waals surface area contributed by atoms with Crippen LogP contribution < -0.4 is 10.5 Å². The number of nitrogens with zero attached hydrogens (tertiary/aromatic N) is 6. The van der Waals surface area contributed by atoms with Crippen LogP contribution in [0.25, 0.3) is 33.2 Å². The Kier molecular flexibility index (Phi) is 5.15. The second-order valence-electron chi connectivity index (χ2n) is 8.22. The third kappa shape index (κ3) is 3.79. The SMILES string of the molecule is CCOc1ccc2cc(-c3nn(CC4CCN(C)CC4)c4ncnc(N)c34)ccc2n1. The Balaban J connectivity index is 1.55. The standard InChI is InChI=1S/C23H27N7O/c1-3-31-19-7-5-16-12-17(4-6-18(16)27-19)21-20-22(24)25-14-26-23(20)30(28-21)13-15-8-10-29(2)11-9-15/h4-7,12,14-15H,3,8-11,13H2,1-2H3,(H2,24,25,26). The fraction of sp³-hybridized carbons (Fsp3) is 0.391. The van der Waals surface area contributed by atoms with E-state index < -0.39 is 0 Å². The van der Waals surface area contributed by atoms with Crippen molar-refractivity contribution >= 4 is 27.8 Å². The van der Waals surface area contributed by atoms with Crippen LogP contribution in [0.15, 0.2) is 36.7 Å². The van der Waals surface area contributed by atoms with Crippen LogP contribution in [0.2, 0.25) is 0 Å². The number of nitrogen functional groups attached to an aromatic ring is 1. The van der Waals surface area contributed by atoms with Crippen LogP contribution in [-0.2, 0) is 6.54 Å². The van der Waals surface area contributed by atoms with Gasteiger partial charge in [0.15, 0.2) is 5.65 Å². The number of fused-ring (bicyclic) bond motifs is 2. The normalized spacial score (nSPS) is 15.7. The van der Waals surface area contributed by atoms with Crippen molar-refractivity contribution in [2.75, 3.05) is 32.5 Å². The van der Waals surface area contributed by atoms with Crippen molar-refractivity contribution in [3.05, 3.63) is 36.7 Å². The maximum atomic E-state index is 6.28. The van der Waals surface area contributed by atoms with Gasteiger partial charge in [-0.25, -0.2) is 19.6 Å². The number of pyridine rings is 1. The molecule has 0 aliphatic carbocycles. The predicted molar refractivity (Wildman–Crippen MR) is 122 cm³/mol. The van der Waals surface area contributed by atoms with Crippen molar-refractivity contribution in [1.29, 1.82) is 0 Å². The quantitative estimate of drug-likeness (QED) is 0.532. The first-order chi connectivity index (χ1) is 15.1. The van der Waals surface area contributed by atoms with Gasteiger partial charge >= 0.3 is 0 Å². The second-order valence-corrected chi connectivity index (χ2v) is 8.22. The van der Waals surface area contributed by atoms with Gasteiger partial charge in [0.05, 0.1) is 17.5 Å². The van der Waals surface area contributed by atoms with Crippen molar-refractivity contribution in [2.45, 2.75) is 26.3 Å². The van der Waals surface area contributed by atoms with Crippen molar-refractivity contribution < 1.29 is 4.74 Å². The zero-order chi connectivity index (χ0) is 21.4. The minimum absolute atomic E-state index is 0.458. The number of benzene rings is 1. The molecule has 0 bridgehead atoms. The molecule has 3 aromatic heterocycles. The molecule has 1 fully saturated rings. The maximum Gasteiger partial charge on any atom is 0.213 e. The molecule has 1 aliphatic heterocycles. The van der Waals surface area contributed by atoms with E-state index in [1.54, 1.807) is 0 Å². The second kappa shape index (κ2) is 8.11. The zero-order valence-electron chi connectivity index (χ0n) is 18.0. The average molecular weight is 418 g/mol. The molecule has 0 amide bonds. The van der Waals surface area contributed by atoms with Crippen LogP contribution in [0.1, 0.15) is 19.8 Å². The third-order valence-electron chi connectivity index (χ3n) is 6.06. The largest absolute Gasteiger partial charge is 0.478 e. The van der Waals surface area contributed by atoms with E-state index in [1.807, 2.05) is 35.9 Å². The molecule has 4 heterocycles. The number of ether oxygens (including phenoxy) is 1. The topological polar surface area (TPSA) is 95.0 Å². The highest BCUT2D eigenvalue weighted by Crippen LogP contribution is 2.33. The van der Waals surface area contributed by atoms with Gasteiger partial charge < -0.3 is 15.4 Å². The summed E-state index contributed by atoms with van der Waals surface area (Å²) in [5.41, 5.74) is 9.76. The Morgan fingerprint density at radius 1 is 1.13 bits per heavy atom. The molecule has 0 saturated carbocycles. The van der Waals surface area contributed by atoms with E-state index in [1.165, 1.54) is 6.33 Å². The summed E-state index contributed by atoms with van der Waals surface area (Å²) >= 11 is 0. The summed E-state index contributed by atoms with van der Waals surface area (Å²) in [6, 6.07) is 10.0. The molecule has 1 saturated heterocycles. The molecular formula is C23H27N7O. The molecule has 160 valence electrons. The summed E-state index contributed by atoms with van der Waals surface area (Å²) in [7, 11) is 2.18. The number of nitrogens with two attached hydrogens (primary N) is 1. The summed E-state index contributed by atoms with van der Waals surface area (Å²) in [5, 5.41) is 6.80. The van der Waals surface area contributed by atoms with Gasteiger partial charge in [-0.15, -0.1) is 0 Å². The molecule has 0 unspecified atom stereocenters. The van der Waals surface area contributed by atoms with Gasteiger partial charge in [-0.1, -0.05) is 6.07 Å². The summed E-state index contributed by atoms with van der Waals surface area (Å²) in [6.07, 6.45) is 3.85. The number of hydrogen-bond donors (Lipinski definition) is 1. The first-order valence-corrected chi connectivity index (χ1v) is 10.8. The summed E-state index contributed by atoms with van der Waals surface area (Å²) in [6.45, 7) is 5.63. The van der Waals surface area contributed by atoms with E-state index in [2.05, 4.69) is 33.0 Å². The molecule has 0 radical (unpaired) electrons. The van der Waals surface area contributed by atoms with Crippen LogP contribution in [0.3, 0.4) is 0 Å². The minimum atomic E-state index is 0.458. The van der Waals surface area contributed by atoms with E-state index in [-0.39, 0.29) is 0 Å². The van der Waals surface area contributed by atoms with Crippen LogP contribution in [0.4, 0.5) is 5.82 Å². The monoisotopic (exact) mass is 417 g/mol. The zero-order valence-corrected chi connectivity index (χ0v) is 18.0. The number of anilines is 1. The van der Waals surface area contributed by atoms with E-state index in [9.17, 15) is 0 Å². The van der Waals surface area contributed by atoms with Gasteiger partial charge in [0.2, 0.25) is 5.88 Å². The average Bonchev–Trinajstić information content (AvgIpc) is 3.15. The fourth-order valence-corrected chi connectivity index (χ4v) is 4.33. The Morgan fingerprint density at radius 3 is 2.77 bits per heavy atom. The molecule has 5 rings (SSSR count). The lowest BCUT2D eigenvalue weighted by Gasteiger charge is -2.28. The highest BCUT2D eigenvalue weighted by Gasteiger charge is 2.22.